The van der Waals surface area contributed by atoms with E-state index in [2.05, 4.69) is 5.32 Å². The molecule has 0 unspecified atom stereocenters. The largest absolute Gasteiger partial charge is 0.462 e. The third-order valence-corrected chi connectivity index (χ3v) is 2.07. The Morgan fingerprint density at radius 1 is 1.24 bits per heavy atom. The first-order valence-corrected chi connectivity index (χ1v) is 5.46. The van der Waals surface area contributed by atoms with Gasteiger partial charge in [0.15, 0.2) is 0 Å². The number of nitrogens with one attached hydrogen (secondary N) is 1. The van der Waals surface area contributed by atoms with E-state index in [9.17, 15) is 4.79 Å². The van der Waals surface area contributed by atoms with Gasteiger partial charge in [-0.1, -0.05) is 30.3 Å². The summed E-state index contributed by atoms with van der Waals surface area (Å²) in [5.74, 6) is -0.262. The summed E-state index contributed by atoms with van der Waals surface area (Å²) in [5.41, 5.74) is 2.22. The maximum atomic E-state index is 10.5. The maximum Gasteiger partial charge on any atom is 0.302 e. The second kappa shape index (κ2) is 7.28. The fourth-order valence-corrected chi connectivity index (χ4v) is 1.25. The van der Waals surface area contributed by atoms with E-state index in [0.717, 1.165) is 11.1 Å². The lowest BCUT2D eigenvalue weighted by Crippen LogP contribution is -1.97. The van der Waals surface area contributed by atoms with Crippen LogP contribution in [0.25, 0.3) is 12.2 Å². The molecule has 0 atom stereocenters. The van der Waals surface area contributed by atoms with Crippen molar-refractivity contribution in [2.24, 2.45) is 0 Å². The molecule has 0 amide bonds. The fraction of sp³-hybridized carbons (Fsp3) is 0.214. The molecule has 1 N–H and O–H groups in total. The minimum Gasteiger partial charge on any atom is -0.462 e. The van der Waals surface area contributed by atoms with Crippen LogP contribution in [0, 0.1) is 0 Å². The monoisotopic (exact) mass is 231 g/mol. The third-order valence-electron chi connectivity index (χ3n) is 2.07. The van der Waals surface area contributed by atoms with Gasteiger partial charge < -0.3 is 10.1 Å². The van der Waals surface area contributed by atoms with Crippen molar-refractivity contribution in [1.29, 1.82) is 0 Å². The van der Waals surface area contributed by atoms with Gasteiger partial charge >= 0.3 is 5.97 Å². The van der Waals surface area contributed by atoms with Gasteiger partial charge in [0.05, 0.1) is 0 Å². The van der Waals surface area contributed by atoms with Crippen LogP contribution in [0.2, 0.25) is 0 Å². The van der Waals surface area contributed by atoms with Gasteiger partial charge in [-0.25, -0.2) is 0 Å². The highest BCUT2D eigenvalue weighted by Gasteiger charge is 1.89. The van der Waals surface area contributed by atoms with Crippen molar-refractivity contribution in [1.82, 2.24) is 5.32 Å². The Morgan fingerprint density at radius 3 is 2.35 bits per heavy atom. The highest BCUT2D eigenvalue weighted by Crippen LogP contribution is 2.07. The lowest BCUT2D eigenvalue weighted by Gasteiger charge is -1.97. The summed E-state index contributed by atoms with van der Waals surface area (Å²) in [7, 11) is 1.86. The van der Waals surface area contributed by atoms with Gasteiger partial charge in [-0.2, -0.15) is 0 Å². The van der Waals surface area contributed by atoms with Crippen LogP contribution < -0.4 is 5.32 Å². The molecular formula is C14H17NO2. The SMILES string of the molecule is CN/C=C/c1ccc(/C=C/COC(C)=O)cc1. The molecule has 0 heterocycles. The van der Waals surface area contributed by atoms with E-state index >= 15 is 0 Å². The number of carbonyl (C=O) groups excluding carboxylic acids is 1. The predicted molar refractivity (Wildman–Crippen MR) is 70.2 cm³/mol. The zero-order chi connectivity index (χ0) is 12.5. The van der Waals surface area contributed by atoms with Crippen LogP contribution in [-0.4, -0.2) is 19.6 Å². The molecule has 0 bridgehead atoms. The van der Waals surface area contributed by atoms with Crippen molar-refractivity contribution >= 4 is 18.1 Å². The Bertz CT molecular complexity index is 405. The van der Waals surface area contributed by atoms with Crippen molar-refractivity contribution in [2.45, 2.75) is 6.92 Å². The molecule has 0 spiro atoms. The molecule has 0 aliphatic carbocycles. The summed E-state index contributed by atoms with van der Waals surface area (Å²) < 4.78 is 4.80. The van der Waals surface area contributed by atoms with Gasteiger partial charge in [0.25, 0.3) is 0 Å². The Balaban J connectivity index is 2.50. The summed E-state index contributed by atoms with van der Waals surface area (Å²) in [4.78, 5) is 10.5. The first-order chi connectivity index (χ1) is 8.22. The Hall–Kier alpha value is -2.03. The number of esters is 1. The van der Waals surface area contributed by atoms with E-state index in [1.54, 1.807) is 0 Å². The standard InChI is InChI=1S/C14H17NO2/c1-12(16)17-11-3-4-13-5-7-14(8-6-13)9-10-15-2/h3-10,15H,11H2,1-2H3/b4-3+,10-9+. The van der Waals surface area contributed by atoms with Gasteiger partial charge in [-0.05, 0) is 29.5 Å². The van der Waals surface area contributed by atoms with Crippen molar-refractivity contribution in [3.05, 3.63) is 47.7 Å². The molecule has 0 radical (unpaired) electrons. The Kier molecular flexibility index (Phi) is 5.58. The smallest absolute Gasteiger partial charge is 0.302 e. The van der Waals surface area contributed by atoms with Crippen LogP contribution in [0.4, 0.5) is 0 Å². The van der Waals surface area contributed by atoms with Gasteiger partial charge in [-0.3, -0.25) is 4.79 Å². The van der Waals surface area contributed by atoms with Gasteiger partial charge in [-0.15, -0.1) is 0 Å². The summed E-state index contributed by atoms with van der Waals surface area (Å²) in [6.07, 6.45) is 7.62. The number of carbonyl (C=O) groups is 1. The average Bonchev–Trinajstić information content (AvgIpc) is 2.33. The average molecular weight is 231 g/mol. The van der Waals surface area contributed by atoms with Crippen LogP contribution in [0.15, 0.2) is 36.5 Å². The molecule has 1 rings (SSSR count). The first kappa shape index (κ1) is 13.0. The molecule has 0 saturated heterocycles. The maximum absolute atomic E-state index is 10.5. The van der Waals surface area contributed by atoms with E-state index in [1.165, 1.54) is 6.92 Å². The van der Waals surface area contributed by atoms with E-state index in [-0.39, 0.29) is 5.97 Å². The fourth-order valence-electron chi connectivity index (χ4n) is 1.25. The van der Waals surface area contributed by atoms with Crippen LogP contribution >= 0.6 is 0 Å². The lowest BCUT2D eigenvalue weighted by molar-refractivity contribution is -0.139. The minimum atomic E-state index is -0.262. The van der Waals surface area contributed by atoms with Crippen LogP contribution in [0.3, 0.4) is 0 Å². The summed E-state index contributed by atoms with van der Waals surface area (Å²) >= 11 is 0. The molecule has 0 saturated carbocycles. The van der Waals surface area contributed by atoms with Gasteiger partial charge in [0.2, 0.25) is 0 Å². The minimum absolute atomic E-state index is 0.262. The zero-order valence-corrected chi connectivity index (χ0v) is 10.1. The Morgan fingerprint density at radius 2 is 1.82 bits per heavy atom. The van der Waals surface area contributed by atoms with Crippen molar-refractivity contribution < 1.29 is 9.53 Å². The molecule has 0 aromatic heterocycles. The number of hydrogen-bond acceptors (Lipinski definition) is 3. The van der Waals surface area contributed by atoms with Gasteiger partial charge in [0, 0.05) is 14.0 Å². The molecule has 0 fully saturated rings. The molecule has 17 heavy (non-hydrogen) atoms. The summed E-state index contributed by atoms with van der Waals surface area (Å²) in [6, 6.07) is 8.08. The van der Waals surface area contributed by atoms with E-state index in [0.29, 0.717) is 6.61 Å². The predicted octanol–water partition coefficient (Wildman–Crippen LogP) is 2.45. The van der Waals surface area contributed by atoms with Crippen molar-refractivity contribution in [2.75, 3.05) is 13.7 Å². The quantitative estimate of drug-likeness (QED) is 0.791. The number of rotatable bonds is 5. The van der Waals surface area contributed by atoms with Crippen molar-refractivity contribution in [3.8, 4) is 0 Å². The third kappa shape index (κ3) is 5.56. The number of hydrogen-bond donors (Lipinski definition) is 1. The van der Waals surface area contributed by atoms with Crippen LogP contribution in [-0.2, 0) is 9.53 Å². The molecule has 3 heteroatoms. The highest BCUT2D eigenvalue weighted by molar-refractivity contribution is 5.66. The van der Waals surface area contributed by atoms with E-state index < -0.39 is 0 Å². The first-order valence-electron chi connectivity index (χ1n) is 5.46. The number of ether oxygens (including phenoxy) is 1. The number of benzene rings is 1. The normalized spacial score (nSPS) is 10.9. The molecule has 0 aliphatic rings. The molecule has 1 aromatic carbocycles. The van der Waals surface area contributed by atoms with Crippen molar-refractivity contribution in [3.63, 3.8) is 0 Å². The van der Waals surface area contributed by atoms with Gasteiger partial charge in [0.1, 0.15) is 6.61 Å². The lowest BCUT2D eigenvalue weighted by atomic mass is 10.1. The molecule has 90 valence electrons. The topological polar surface area (TPSA) is 38.3 Å². The molecule has 1 aromatic rings. The summed E-state index contributed by atoms with van der Waals surface area (Å²) in [5, 5.41) is 2.94. The summed E-state index contributed by atoms with van der Waals surface area (Å²) in [6.45, 7) is 1.72. The Labute approximate surface area is 102 Å². The van der Waals surface area contributed by atoms with Crippen LogP contribution in [0.1, 0.15) is 18.1 Å². The molecular weight excluding hydrogens is 214 g/mol. The zero-order valence-electron chi connectivity index (χ0n) is 10.1. The van der Waals surface area contributed by atoms with E-state index in [4.69, 9.17) is 4.74 Å². The second-order valence-electron chi connectivity index (χ2n) is 3.49. The molecule has 3 nitrogen and oxygen atoms in total. The highest BCUT2D eigenvalue weighted by atomic mass is 16.5. The second-order valence-corrected chi connectivity index (χ2v) is 3.49. The van der Waals surface area contributed by atoms with E-state index in [1.807, 2.05) is 55.7 Å². The molecule has 0 aliphatic heterocycles. The van der Waals surface area contributed by atoms with Crippen LogP contribution in [0.5, 0.6) is 0 Å².